The van der Waals surface area contributed by atoms with E-state index in [0.717, 1.165) is 21.8 Å². The molecule has 0 saturated carbocycles. The van der Waals surface area contributed by atoms with Crippen LogP contribution < -0.4 is 5.32 Å². The van der Waals surface area contributed by atoms with Crippen molar-refractivity contribution >= 4 is 28.6 Å². The van der Waals surface area contributed by atoms with Crippen molar-refractivity contribution in [2.45, 2.75) is 0 Å². The topological polar surface area (TPSA) is 66.2 Å². The summed E-state index contributed by atoms with van der Waals surface area (Å²) < 4.78 is 0. The van der Waals surface area contributed by atoms with E-state index in [-0.39, 0.29) is 6.67 Å². The van der Waals surface area contributed by atoms with E-state index in [1.807, 2.05) is 41.8 Å². The standard InChI is InChI=1S/C14H12N4OS/c19-17-9-16-12-8-15-13(10-4-2-1-3-5-10)14-11(18-12)6-7-20-14/h1-7H,8-9H2,(H,16,18). The third-order valence-electron chi connectivity index (χ3n) is 2.91. The first-order valence-electron chi connectivity index (χ1n) is 6.15. The molecule has 1 N–H and O–H groups in total. The molecule has 1 aromatic heterocycles. The van der Waals surface area contributed by atoms with Crippen molar-refractivity contribution in [1.82, 2.24) is 0 Å². The number of thiophene rings is 1. The van der Waals surface area contributed by atoms with Gasteiger partial charge >= 0.3 is 0 Å². The van der Waals surface area contributed by atoms with E-state index in [1.165, 1.54) is 0 Å². The first kappa shape index (κ1) is 12.7. The SMILES string of the molecule is O=NCN=C1CN=C(c2ccccc2)c2sccc2N1. The number of hydrogen-bond acceptors (Lipinski definition) is 5. The van der Waals surface area contributed by atoms with Crippen LogP contribution in [0.25, 0.3) is 0 Å². The van der Waals surface area contributed by atoms with Crippen molar-refractivity contribution in [2.24, 2.45) is 15.2 Å². The zero-order valence-corrected chi connectivity index (χ0v) is 11.4. The van der Waals surface area contributed by atoms with Crippen molar-refractivity contribution in [3.63, 3.8) is 0 Å². The largest absolute Gasteiger partial charge is 0.341 e. The molecule has 2 heterocycles. The van der Waals surface area contributed by atoms with Crippen LogP contribution in [0.1, 0.15) is 10.4 Å². The molecular weight excluding hydrogens is 272 g/mol. The fraction of sp³-hybridized carbons (Fsp3) is 0.143. The van der Waals surface area contributed by atoms with E-state index < -0.39 is 0 Å². The fourth-order valence-electron chi connectivity index (χ4n) is 2.03. The Morgan fingerprint density at radius 3 is 2.90 bits per heavy atom. The van der Waals surface area contributed by atoms with Gasteiger partial charge in [0.1, 0.15) is 5.84 Å². The van der Waals surface area contributed by atoms with Gasteiger partial charge in [0, 0.05) is 5.56 Å². The number of hydrogen-bond donors (Lipinski definition) is 1. The number of anilines is 1. The molecule has 0 bridgehead atoms. The van der Waals surface area contributed by atoms with Gasteiger partial charge in [-0.15, -0.1) is 16.2 Å². The maximum absolute atomic E-state index is 10.2. The van der Waals surface area contributed by atoms with E-state index in [4.69, 9.17) is 0 Å². The number of nitrogens with one attached hydrogen (secondary N) is 1. The fourth-order valence-corrected chi connectivity index (χ4v) is 2.91. The zero-order valence-electron chi connectivity index (χ0n) is 10.6. The Hall–Kier alpha value is -2.34. The summed E-state index contributed by atoms with van der Waals surface area (Å²) in [4.78, 5) is 20.0. The molecule has 0 spiro atoms. The molecule has 1 aromatic carbocycles. The Kier molecular flexibility index (Phi) is 3.64. The molecule has 0 fully saturated rings. The van der Waals surface area contributed by atoms with Crippen LogP contribution in [0.15, 0.2) is 56.9 Å². The van der Waals surface area contributed by atoms with Gasteiger partial charge in [-0.1, -0.05) is 30.3 Å². The highest BCUT2D eigenvalue weighted by atomic mass is 32.1. The van der Waals surface area contributed by atoms with Crippen molar-refractivity contribution in [3.05, 3.63) is 57.1 Å². The summed E-state index contributed by atoms with van der Waals surface area (Å²) in [5, 5.41) is 7.99. The maximum Gasteiger partial charge on any atom is 0.173 e. The molecule has 0 atom stereocenters. The van der Waals surface area contributed by atoms with Crippen LogP contribution in [0.5, 0.6) is 0 Å². The van der Waals surface area contributed by atoms with Crippen LogP contribution in [-0.4, -0.2) is 24.8 Å². The molecule has 100 valence electrons. The molecule has 0 saturated heterocycles. The molecule has 0 unspecified atom stereocenters. The molecule has 6 heteroatoms. The van der Waals surface area contributed by atoms with E-state index in [2.05, 4.69) is 20.5 Å². The zero-order chi connectivity index (χ0) is 13.8. The summed E-state index contributed by atoms with van der Waals surface area (Å²) in [6, 6.07) is 12.0. The smallest absolute Gasteiger partial charge is 0.173 e. The molecule has 2 aromatic rings. The summed E-state index contributed by atoms with van der Waals surface area (Å²) in [5.74, 6) is 0.662. The van der Waals surface area contributed by atoms with Gasteiger partial charge in [-0.05, 0) is 16.6 Å². The van der Waals surface area contributed by atoms with Crippen LogP contribution >= 0.6 is 11.3 Å². The lowest BCUT2D eigenvalue weighted by molar-refractivity contribution is 1.04. The van der Waals surface area contributed by atoms with Gasteiger partial charge in [0.05, 0.1) is 22.8 Å². The lowest BCUT2D eigenvalue weighted by Gasteiger charge is -2.05. The van der Waals surface area contributed by atoms with E-state index >= 15 is 0 Å². The minimum Gasteiger partial charge on any atom is -0.341 e. The van der Waals surface area contributed by atoms with Gasteiger partial charge in [-0.3, -0.25) is 4.99 Å². The number of amidine groups is 1. The summed E-state index contributed by atoms with van der Waals surface area (Å²) in [6.07, 6.45) is 0. The Balaban J connectivity index is 2.03. The number of nitroso groups, excluding NO2 is 1. The molecule has 0 aliphatic carbocycles. The average Bonchev–Trinajstić information content (AvgIpc) is 2.87. The predicted molar refractivity (Wildman–Crippen MR) is 83.0 cm³/mol. The lowest BCUT2D eigenvalue weighted by Crippen LogP contribution is -2.14. The van der Waals surface area contributed by atoms with E-state index in [0.29, 0.717) is 12.4 Å². The monoisotopic (exact) mass is 284 g/mol. The Morgan fingerprint density at radius 1 is 1.25 bits per heavy atom. The molecule has 1 aliphatic rings. The number of fused-ring (bicyclic) bond motifs is 1. The van der Waals surface area contributed by atoms with Crippen molar-refractivity contribution < 1.29 is 0 Å². The Labute approximate surface area is 120 Å². The second kappa shape index (κ2) is 5.75. The molecule has 20 heavy (non-hydrogen) atoms. The summed E-state index contributed by atoms with van der Waals surface area (Å²) in [5.41, 5.74) is 3.00. The van der Waals surface area contributed by atoms with E-state index in [1.54, 1.807) is 11.3 Å². The predicted octanol–water partition coefficient (Wildman–Crippen LogP) is 3.13. The highest BCUT2D eigenvalue weighted by Gasteiger charge is 2.17. The van der Waals surface area contributed by atoms with Crippen LogP contribution in [0.4, 0.5) is 5.69 Å². The summed E-state index contributed by atoms with van der Waals surface area (Å²) >= 11 is 1.63. The normalized spacial score (nSPS) is 16.0. The second-order valence-electron chi connectivity index (χ2n) is 4.19. The van der Waals surface area contributed by atoms with Crippen molar-refractivity contribution in [3.8, 4) is 0 Å². The number of benzene rings is 1. The quantitative estimate of drug-likeness (QED) is 0.880. The van der Waals surface area contributed by atoms with Gasteiger partial charge in [-0.2, -0.15) is 0 Å². The average molecular weight is 284 g/mol. The minimum atomic E-state index is -0.0853. The number of aliphatic imine (C=N–C) groups is 2. The summed E-state index contributed by atoms with van der Waals surface area (Å²) in [6.45, 7) is 0.332. The van der Waals surface area contributed by atoms with Gasteiger partial charge < -0.3 is 5.32 Å². The maximum atomic E-state index is 10.2. The van der Waals surface area contributed by atoms with Crippen LogP contribution in [0, 0.1) is 4.91 Å². The first-order valence-corrected chi connectivity index (χ1v) is 7.03. The van der Waals surface area contributed by atoms with Crippen molar-refractivity contribution in [1.29, 1.82) is 0 Å². The van der Waals surface area contributed by atoms with Gasteiger partial charge in [0.25, 0.3) is 0 Å². The highest BCUT2D eigenvalue weighted by molar-refractivity contribution is 7.13. The van der Waals surface area contributed by atoms with Gasteiger partial charge in [0.2, 0.25) is 0 Å². The minimum absolute atomic E-state index is 0.0853. The van der Waals surface area contributed by atoms with Gasteiger partial charge in [-0.25, -0.2) is 4.99 Å². The Bertz CT molecular complexity index is 675. The first-order chi connectivity index (χ1) is 9.88. The van der Waals surface area contributed by atoms with Crippen LogP contribution in [0.2, 0.25) is 0 Å². The Morgan fingerprint density at radius 2 is 2.10 bits per heavy atom. The van der Waals surface area contributed by atoms with Crippen LogP contribution in [-0.2, 0) is 0 Å². The third kappa shape index (κ3) is 2.50. The van der Waals surface area contributed by atoms with E-state index in [9.17, 15) is 4.91 Å². The van der Waals surface area contributed by atoms with Crippen molar-refractivity contribution in [2.75, 3.05) is 18.5 Å². The second-order valence-corrected chi connectivity index (χ2v) is 5.11. The van der Waals surface area contributed by atoms with Gasteiger partial charge in [0.15, 0.2) is 6.67 Å². The molecule has 3 rings (SSSR count). The molecule has 1 aliphatic heterocycles. The molecular formula is C14H12N4OS. The lowest BCUT2D eigenvalue weighted by atomic mass is 10.1. The number of nitrogens with zero attached hydrogens (tertiary/aromatic N) is 3. The molecule has 5 nitrogen and oxygen atoms in total. The molecule has 0 radical (unpaired) electrons. The van der Waals surface area contributed by atoms with Crippen LogP contribution in [0.3, 0.4) is 0 Å². The number of rotatable bonds is 3. The molecule has 0 amide bonds. The summed E-state index contributed by atoms with van der Waals surface area (Å²) in [7, 11) is 0. The highest BCUT2D eigenvalue weighted by Crippen LogP contribution is 2.27. The third-order valence-corrected chi connectivity index (χ3v) is 3.83.